The number of piperidine rings is 1. The molecule has 5 rings (SSSR count). The summed E-state index contributed by atoms with van der Waals surface area (Å²) >= 11 is 1.82. The summed E-state index contributed by atoms with van der Waals surface area (Å²) in [5, 5.41) is 2.55. The molecular weight excluding hydrogens is 428 g/mol. The summed E-state index contributed by atoms with van der Waals surface area (Å²) in [5.74, 6) is 0.483. The molecule has 0 aliphatic carbocycles. The van der Waals surface area contributed by atoms with Crippen LogP contribution in [0.15, 0.2) is 71.9 Å². The van der Waals surface area contributed by atoms with Gasteiger partial charge in [-0.05, 0) is 73.7 Å². The largest absolute Gasteiger partial charge is 0.371 e. The molecule has 0 N–H and O–H groups in total. The number of pyridine rings is 1. The third kappa shape index (κ3) is 4.87. The SMILES string of the molecule is CC1CN(C(=O)C2CCN(c3ccncc3)CC2)C(C)CN1Sc1ccc2ccccc2c1. The minimum absolute atomic E-state index is 0.137. The summed E-state index contributed by atoms with van der Waals surface area (Å²) in [6, 6.07) is 19.8. The predicted molar refractivity (Wildman–Crippen MR) is 136 cm³/mol. The van der Waals surface area contributed by atoms with Gasteiger partial charge in [0.2, 0.25) is 5.91 Å². The third-order valence-corrected chi connectivity index (χ3v) is 8.24. The molecule has 3 aromatic rings. The second-order valence-corrected chi connectivity index (χ2v) is 10.5. The molecular formula is C27H32N4OS. The number of piperazine rings is 1. The van der Waals surface area contributed by atoms with Gasteiger partial charge in [0.15, 0.2) is 0 Å². The molecule has 0 radical (unpaired) electrons. The lowest BCUT2D eigenvalue weighted by atomic mass is 9.93. The standard InChI is InChI=1S/C27H32N4OS/c1-20-19-31(33-26-8-7-22-5-3-4-6-24(22)17-26)21(2)18-30(20)27(32)23-11-15-29(16-12-23)25-9-13-28-14-10-25/h3-10,13-14,17,20-21,23H,11-12,15-16,18-19H2,1-2H3. The minimum Gasteiger partial charge on any atom is -0.371 e. The lowest BCUT2D eigenvalue weighted by Crippen LogP contribution is -2.57. The van der Waals surface area contributed by atoms with Crippen LogP contribution in [-0.4, -0.2) is 58.4 Å². The molecule has 2 aliphatic rings. The van der Waals surface area contributed by atoms with E-state index >= 15 is 0 Å². The Balaban J connectivity index is 1.19. The second-order valence-electron chi connectivity index (χ2n) is 9.36. The Labute approximate surface area is 200 Å². The van der Waals surface area contributed by atoms with Crippen molar-refractivity contribution in [3.8, 4) is 0 Å². The Hall–Kier alpha value is -2.57. The van der Waals surface area contributed by atoms with Crippen molar-refractivity contribution in [2.24, 2.45) is 5.92 Å². The van der Waals surface area contributed by atoms with Gasteiger partial charge in [-0.15, -0.1) is 0 Å². The number of carbonyl (C=O) groups is 1. The molecule has 2 unspecified atom stereocenters. The number of benzene rings is 2. The highest BCUT2D eigenvalue weighted by atomic mass is 32.2. The number of rotatable bonds is 4. The Morgan fingerprint density at radius 3 is 2.39 bits per heavy atom. The molecule has 0 saturated carbocycles. The minimum atomic E-state index is 0.137. The van der Waals surface area contributed by atoms with Crippen molar-refractivity contribution in [2.45, 2.75) is 43.7 Å². The van der Waals surface area contributed by atoms with Crippen molar-refractivity contribution in [3.05, 3.63) is 67.0 Å². The number of hydrogen-bond donors (Lipinski definition) is 0. The van der Waals surface area contributed by atoms with Gasteiger partial charge in [-0.25, -0.2) is 4.31 Å². The molecule has 33 heavy (non-hydrogen) atoms. The average Bonchev–Trinajstić information content (AvgIpc) is 2.86. The number of aromatic nitrogens is 1. The van der Waals surface area contributed by atoms with Crippen LogP contribution >= 0.6 is 11.9 Å². The molecule has 5 nitrogen and oxygen atoms in total. The van der Waals surface area contributed by atoms with Crippen molar-refractivity contribution in [3.63, 3.8) is 0 Å². The van der Waals surface area contributed by atoms with Crippen LogP contribution in [0.25, 0.3) is 10.8 Å². The first-order valence-corrected chi connectivity index (χ1v) is 12.7. The normalized spacial score (nSPS) is 22.6. The monoisotopic (exact) mass is 460 g/mol. The average molecular weight is 461 g/mol. The summed E-state index contributed by atoms with van der Waals surface area (Å²) in [6.07, 6.45) is 5.53. The summed E-state index contributed by atoms with van der Waals surface area (Å²) < 4.78 is 2.45. The van der Waals surface area contributed by atoms with E-state index < -0.39 is 0 Å². The summed E-state index contributed by atoms with van der Waals surface area (Å²) in [6.45, 7) is 7.99. The molecule has 2 aliphatic heterocycles. The van der Waals surface area contributed by atoms with Gasteiger partial charge in [0.1, 0.15) is 0 Å². The zero-order valence-electron chi connectivity index (χ0n) is 19.4. The lowest BCUT2D eigenvalue weighted by Gasteiger charge is -2.45. The molecule has 1 aromatic heterocycles. The molecule has 2 aromatic carbocycles. The Kier molecular flexibility index (Phi) is 6.56. The van der Waals surface area contributed by atoms with E-state index in [1.54, 1.807) is 0 Å². The van der Waals surface area contributed by atoms with Gasteiger partial charge in [0.05, 0.1) is 0 Å². The van der Waals surface area contributed by atoms with Gasteiger partial charge in [-0.2, -0.15) is 0 Å². The number of fused-ring (bicyclic) bond motifs is 1. The van der Waals surface area contributed by atoms with Crippen LogP contribution in [0.5, 0.6) is 0 Å². The number of amides is 1. The van der Waals surface area contributed by atoms with Crippen LogP contribution in [0.3, 0.4) is 0 Å². The van der Waals surface area contributed by atoms with Crippen molar-refractivity contribution in [2.75, 3.05) is 31.1 Å². The number of hydrogen-bond acceptors (Lipinski definition) is 5. The zero-order valence-corrected chi connectivity index (χ0v) is 20.2. The van der Waals surface area contributed by atoms with Gasteiger partial charge in [0.25, 0.3) is 0 Å². The molecule has 3 heterocycles. The first kappa shape index (κ1) is 22.2. The van der Waals surface area contributed by atoms with Crippen molar-refractivity contribution in [1.82, 2.24) is 14.2 Å². The molecule has 2 fully saturated rings. The maximum absolute atomic E-state index is 13.4. The molecule has 0 spiro atoms. The maximum atomic E-state index is 13.4. The fraction of sp³-hybridized carbons (Fsp3) is 0.407. The number of carbonyl (C=O) groups excluding carboxylic acids is 1. The third-order valence-electron chi connectivity index (χ3n) is 7.03. The Bertz CT molecular complexity index is 1100. The lowest BCUT2D eigenvalue weighted by molar-refractivity contribution is -0.140. The van der Waals surface area contributed by atoms with E-state index in [1.807, 2.05) is 24.3 Å². The smallest absolute Gasteiger partial charge is 0.226 e. The van der Waals surface area contributed by atoms with Crippen molar-refractivity contribution < 1.29 is 4.79 Å². The van der Waals surface area contributed by atoms with E-state index in [9.17, 15) is 4.79 Å². The fourth-order valence-corrected chi connectivity index (χ4v) is 6.18. The van der Waals surface area contributed by atoms with Gasteiger partial charge in [0, 0.05) is 67.2 Å². The second kappa shape index (κ2) is 9.74. The maximum Gasteiger partial charge on any atom is 0.226 e. The first-order valence-electron chi connectivity index (χ1n) is 12.0. The molecule has 0 bridgehead atoms. The van der Waals surface area contributed by atoms with Crippen LogP contribution in [0.2, 0.25) is 0 Å². The summed E-state index contributed by atoms with van der Waals surface area (Å²) in [5.41, 5.74) is 1.21. The quantitative estimate of drug-likeness (QED) is 0.508. The van der Waals surface area contributed by atoms with Crippen molar-refractivity contribution in [1.29, 1.82) is 0 Å². The highest BCUT2D eigenvalue weighted by molar-refractivity contribution is 7.97. The molecule has 6 heteroatoms. The van der Waals surface area contributed by atoms with Crippen LogP contribution in [0, 0.1) is 5.92 Å². The van der Waals surface area contributed by atoms with Crippen LogP contribution in [0.1, 0.15) is 26.7 Å². The van der Waals surface area contributed by atoms with E-state index in [1.165, 1.54) is 21.4 Å². The van der Waals surface area contributed by atoms with E-state index in [2.05, 4.69) is 87.5 Å². The van der Waals surface area contributed by atoms with E-state index in [4.69, 9.17) is 0 Å². The van der Waals surface area contributed by atoms with Crippen molar-refractivity contribution >= 4 is 34.3 Å². The van der Waals surface area contributed by atoms with E-state index in [-0.39, 0.29) is 12.0 Å². The molecule has 172 valence electrons. The fourth-order valence-electron chi connectivity index (χ4n) is 5.06. The van der Waals surface area contributed by atoms with Gasteiger partial charge in [-0.1, -0.05) is 30.3 Å². The van der Waals surface area contributed by atoms with Crippen LogP contribution in [0.4, 0.5) is 5.69 Å². The molecule has 1 amide bonds. The molecule has 2 saturated heterocycles. The van der Waals surface area contributed by atoms with Gasteiger partial charge < -0.3 is 9.80 Å². The Morgan fingerprint density at radius 1 is 0.909 bits per heavy atom. The first-order chi connectivity index (χ1) is 16.1. The van der Waals surface area contributed by atoms with Gasteiger partial charge in [-0.3, -0.25) is 9.78 Å². The predicted octanol–water partition coefficient (Wildman–Crippen LogP) is 5.08. The van der Waals surface area contributed by atoms with E-state index in [0.717, 1.165) is 39.0 Å². The topological polar surface area (TPSA) is 39.7 Å². The zero-order chi connectivity index (χ0) is 22.8. The summed E-state index contributed by atoms with van der Waals surface area (Å²) in [7, 11) is 0. The Morgan fingerprint density at radius 2 is 1.64 bits per heavy atom. The van der Waals surface area contributed by atoms with E-state index in [0.29, 0.717) is 11.9 Å². The number of anilines is 1. The summed E-state index contributed by atoms with van der Waals surface area (Å²) in [4.78, 5) is 23.3. The highest BCUT2D eigenvalue weighted by Crippen LogP contribution is 2.32. The molecule has 2 atom stereocenters. The highest BCUT2D eigenvalue weighted by Gasteiger charge is 2.36. The van der Waals surface area contributed by atoms with Crippen LogP contribution < -0.4 is 4.90 Å². The number of nitrogens with zero attached hydrogens (tertiary/aromatic N) is 4. The van der Waals surface area contributed by atoms with Gasteiger partial charge >= 0.3 is 0 Å². The van der Waals surface area contributed by atoms with Crippen LogP contribution in [-0.2, 0) is 4.79 Å².